The monoisotopic (exact) mass is 715 g/mol. The lowest BCUT2D eigenvalue weighted by Gasteiger charge is -2.11. The van der Waals surface area contributed by atoms with Crippen molar-refractivity contribution >= 4 is 43.7 Å². The van der Waals surface area contributed by atoms with E-state index < -0.39 is 0 Å². The Morgan fingerprint density at radius 2 is 0.857 bits per heavy atom. The van der Waals surface area contributed by atoms with E-state index in [2.05, 4.69) is 168 Å². The molecule has 0 spiro atoms. The Morgan fingerprint density at radius 1 is 0.321 bits per heavy atom. The lowest BCUT2D eigenvalue weighted by Crippen LogP contribution is -1.96. The smallest absolute Gasteiger partial charge is 0.160 e. The third-order valence-electron chi connectivity index (χ3n) is 10.8. The van der Waals surface area contributed by atoms with Gasteiger partial charge in [-0.25, -0.2) is 9.97 Å². The van der Waals surface area contributed by atoms with Crippen molar-refractivity contribution in [1.82, 2.24) is 14.5 Å². The van der Waals surface area contributed by atoms with Gasteiger partial charge in [-0.1, -0.05) is 133 Å². The number of hydrogen-bond donors (Lipinski definition) is 0. The molecule has 56 heavy (non-hydrogen) atoms. The summed E-state index contributed by atoms with van der Waals surface area (Å²) in [4.78, 5) is 10.4. The quantitative estimate of drug-likeness (QED) is 0.172. The van der Waals surface area contributed by atoms with Crippen LogP contribution in [0.2, 0.25) is 0 Å². The van der Waals surface area contributed by atoms with Gasteiger partial charge < -0.3 is 8.98 Å². The minimum atomic E-state index is 0.669. The predicted molar refractivity (Wildman–Crippen MR) is 231 cm³/mol. The Kier molecular flexibility index (Phi) is 7.46. The molecular formula is C52H33N3O. The van der Waals surface area contributed by atoms with Gasteiger partial charge in [0.05, 0.1) is 22.4 Å². The number of hydrogen-bond acceptors (Lipinski definition) is 3. The van der Waals surface area contributed by atoms with E-state index in [9.17, 15) is 0 Å². The van der Waals surface area contributed by atoms with Gasteiger partial charge in [0.25, 0.3) is 0 Å². The maximum atomic E-state index is 6.28. The van der Waals surface area contributed by atoms with Gasteiger partial charge in [-0.05, 0) is 89.0 Å². The van der Waals surface area contributed by atoms with Crippen molar-refractivity contribution in [3.63, 3.8) is 0 Å². The number of para-hydroxylation sites is 2. The second-order valence-corrected chi connectivity index (χ2v) is 14.2. The highest BCUT2D eigenvalue weighted by molar-refractivity contribution is 6.12. The average Bonchev–Trinajstić information content (AvgIpc) is 3.82. The molecule has 0 radical (unpaired) electrons. The number of aromatic nitrogens is 3. The van der Waals surface area contributed by atoms with Crippen molar-refractivity contribution < 1.29 is 4.42 Å². The molecule has 0 saturated heterocycles. The first-order chi connectivity index (χ1) is 27.7. The molecule has 0 N–H and O–H groups in total. The fraction of sp³-hybridized carbons (Fsp3) is 0. The van der Waals surface area contributed by atoms with Crippen LogP contribution in [0, 0.1) is 0 Å². The zero-order chi connectivity index (χ0) is 37.0. The standard InChI is InChI=1S/C52H33N3O/c1-4-13-34(14-5-1)37-24-27-48-44(30-37)45-31-38(25-28-49(45)55(48)41-19-8-3-9-20-41)36-17-12-18-40(29-36)52-53-46(35-15-6-2-7-16-35)33-47(54-52)39-23-26-43-42-21-10-11-22-50(42)56-51(43)32-39/h1-33H. The van der Waals surface area contributed by atoms with E-state index in [0.29, 0.717) is 5.82 Å². The summed E-state index contributed by atoms with van der Waals surface area (Å²) in [5, 5.41) is 4.62. The second-order valence-electron chi connectivity index (χ2n) is 14.2. The molecule has 11 aromatic rings. The highest BCUT2D eigenvalue weighted by Crippen LogP contribution is 2.38. The normalized spacial score (nSPS) is 11.6. The Hall–Kier alpha value is -7.56. The van der Waals surface area contributed by atoms with Crippen LogP contribution in [0.5, 0.6) is 0 Å². The van der Waals surface area contributed by atoms with Crippen LogP contribution in [0.4, 0.5) is 0 Å². The molecule has 0 unspecified atom stereocenters. The van der Waals surface area contributed by atoms with Crippen molar-refractivity contribution in [1.29, 1.82) is 0 Å². The summed E-state index contributed by atoms with van der Waals surface area (Å²) in [5.74, 6) is 0.669. The minimum Gasteiger partial charge on any atom is -0.456 e. The molecule has 0 aliphatic rings. The number of furan rings is 1. The van der Waals surface area contributed by atoms with Crippen molar-refractivity contribution in [2.75, 3.05) is 0 Å². The summed E-state index contributed by atoms with van der Waals surface area (Å²) in [6.07, 6.45) is 0. The van der Waals surface area contributed by atoms with Gasteiger partial charge in [-0.15, -0.1) is 0 Å². The lowest BCUT2D eigenvalue weighted by molar-refractivity contribution is 0.669. The van der Waals surface area contributed by atoms with Crippen molar-refractivity contribution in [2.24, 2.45) is 0 Å². The third kappa shape index (κ3) is 5.47. The number of benzene rings is 8. The maximum absolute atomic E-state index is 6.28. The first-order valence-electron chi connectivity index (χ1n) is 18.9. The molecule has 3 aromatic heterocycles. The summed E-state index contributed by atoms with van der Waals surface area (Å²) in [5.41, 5.74) is 14.5. The summed E-state index contributed by atoms with van der Waals surface area (Å²) < 4.78 is 8.64. The molecule has 11 rings (SSSR count). The average molecular weight is 716 g/mol. The molecular weight excluding hydrogens is 683 g/mol. The molecule has 0 atom stereocenters. The Balaban J connectivity index is 1.05. The van der Waals surface area contributed by atoms with Gasteiger partial charge in [0, 0.05) is 43.9 Å². The highest BCUT2D eigenvalue weighted by Gasteiger charge is 2.17. The molecule has 4 nitrogen and oxygen atoms in total. The van der Waals surface area contributed by atoms with E-state index in [0.717, 1.165) is 66.8 Å². The summed E-state index contributed by atoms with van der Waals surface area (Å²) >= 11 is 0. The van der Waals surface area contributed by atoms with E-state index in [1.165, 1.54) is 32.9 Å². The van der Waals surface area contributed by atoms with Gasteiger partial charge in [-0.2, -0.15) is 0 Å². The fourth-order valence-electron chi connectivity index (χ4n) is 8.07. The molecule has 4 heteroatoms. The lowest BCUT2D eigenvalue weighted by atomic mass is 9.99. The Morgan fingerprint density at radius 3 is 1.59 bits per heavy atom. The SMILES string of the molecule is c1ccc(-c2ccc3c(c2)c2cc(-c4cccc(-c5nc(-c6ccccc6)cc(-c6ccc7c(c6)oc6ccccc67)n5)c4)ccc2n3-c2ccccc2)cc1. The number of fused-ring (bicyclic) bond motifs is 6. The van der Waals surface area contributed by atoms with E-state index in [1.807, 2.05) is 36.4 Å². The first kappa shape index (κ1) is 31.9. The van der Waals surface area contributed by atoms with Crippen LogP contribution in [0.1, 0.15) is 0 Å². The zero-order valence-electron chi connectivity index (χ0n) is 30.3. The first-order valence-corrected chi connectivity index (χ1v) is 18.9. The van der Waals surface area contributed by atoms with Gasteiger partial charge in [-0.3, -0.25) is 0 Å². The van der Waals surface area contributed by atoms with Crippen LogP contribution in [-0.2, 0) is 0 Å². The van der Waals surface area contributed by atoms with Crippen LogP contribution in [-0.4, -0.2) is 14.5 Å². The highest BCUT2D eigenvalue weighted by atomic mass is 16.3. The van der Waals surface area contributed by atoms with Crippen LogP contribution >= 0.6 is 0 Å². The largest absolute Gasteiger partial charge is 0.456 e. The molecule has 0 amide bonds. The number of rotatable bonds is 6. The van der Waals surface area contributed by atoms with E-state index in [1.54, 1.807) is 0 Å². The molecule has 8 aromatic carbocycles. The molecule has 3 heterocycles. The van der Waals surface area contributed by atoms with Crippen LogP contribution in [0.15, 0.2) is 205 Å². The molecule has 0 aliphatic carbocycles. The van der Waals surface area contributed by atoms with E-state index in [4.69, 9.17) is 14.4 Å². The molecule has 262 valence electrons. The molecule has 0 aliphatic heterocycles. The summed E-state index contributed by atoms with van der Waals surface area (Å²) in [7, 11) is 0. The van der Waals surface area contributed by atoms with Gasteiger partial charge in [0.1, 0.15) is 11.2 Å². The predicted octanol–water partition coefficient (Wildman–Crippen LogP) is 13.8. The van der Waals surface area contributed by atoms with E-state index >= 15 is 0 Å². The molecule has 0 saturated carbocycles. The van der Waals surface area contributed by atoms with Crippen LogP contribution in [0.25, 0.3) is 106 Å². The Bertz CT molecular complexity index is 3240. The summed E-state index contributed by atoms with van der Waals surface area (Å²) in [6, 6.07) is 70.4. The Labute approximate surface area is 323 Å². The van der Waals surface area contributed by atoms with Crippen LogP contribution in [0.3, 0.4) is 0 Å². The van der Waals surface area contributed by atoms with Crippen molar-refractivity contribution in [3.05, 3.63) is 200 Å². The topological polar surface area (TPSA) is 43.9 Å². The number of nitrogens with zero attached hydrogens (tertiary/aromatic N) is 3. The minimum absolute atomic E-state index is 0.669. The second kappa shape index (κ2) is 13.1. The van der Waals surface area contributed by atoms with Crippen molar-refractivity contribution in [3.8, 4) is 61.8 Å². The van der Waals surface area contributed by atoms with Gasteiger partial charge in [0.2, 0.25) is 0 Å². The molecule has 0 bridgehead atoms. The third-order valence-corrected chi connectivity index (χ3v) is 10.8. The fourth-order valence-corrected chi connectivity index (χ4v) is 8.07. The van der Waals surface area contributed by atoms with Crippen molar-refractivity contribution in [2.45, 2.75) is 0 Å². The summed E-state index contributed by atoms with van der Waals surface area (Å²) in [6.45, 7) is 0. The van der Waals surface area contributed by atoms with Gasteiger partial charge >= 0.3 is 0 Å². The zero-order valence-corrected chi connectivity index (χ0v) is 30.3. The van der Waals surface area contributed by atoms with Gasteiger partial charge in [0.15, 0.2) is 5.82 Å². The van der Waals surface area contributed by atoms with E-state index in [-0.39, 0.29) is 0 Å². The maximum Gasteiger partial charge on any atom is 0.160 e. The van der Waals surface area contributed by atoms with Crippen LogP contribution < -0.4 is 0 Å². The molecule has 0 fully saturated rings.